The highest BCUT2D eigenvalue weighted by Crippen LogP contribution is 2.50. The fourth-order valence-corrected chi connectivity index (χ4v) is 9.53. The Kier molecular flexibility index (Phi) is 7.49. The molecule has 0 unspecified atom stereocenters. The Labute approximate surface area is 307 Å². The molecule has 1 saturated heterocycles. The normalized spacial score (nSPS) is 17.4. The smallest absolute Gasteiger partial charge is 0.434 e. The molecule has 2 aromatic carbocycles. The molecule has 264 valence electrons. The maximum absolute atomic E-state index is 14.3. The average molecular weight is 723 g/mol. The molecule has 0 spiro atoms. The van der Waals surface area contributed by atoms with E-state index in [2.05, 4.69) is 44.9 Å². The van der Waals surface area contributed by atoms with Crippen molar-refractivity contribution < 1.29 is 13.9 Å². The summed E-state index contributed by atoms with van der Waals surface area (Å²) in [4.78, 5) is 39.6. The van der Waals surface area contributed by atoms with Crippen molar-refractivity contribution in [2.45, 2.75) is 50.6 Å². The van der Waals surface area contributed by atoms with E-state index in [0.29, 0.717) is 36.1 Å². The fraction of sp³-hybridized carbons (Fsp3) is 0.250. The maximum Gasteiger partial charge on any atom is 0.434 e. The summed E-state index contributed by atoms with van der Waals surface area (Å²) in [7, 11) is 1.71. The van der Waals surface area contributed by atoms with Crippen molar-refractivity contribution in [1.82, 2.24) is 34.8 Å². The molecule has 2 N–H and O–H groups in total. The van der Waals surface area contributed by atoms with Crippen molar-refractivity contribution in [2.24, 2.45) is 0 Å². The third kappa shape index (κ3) is 5.25. The number of aryl methyl sites for hydroxylation is 2. The average Bonchev–Trinajstić information content (AvgIpc) is 4.04. The van der Waals surface area contributed by atoms with E-state index in [9.17, 15) is 9.59 Å². The number of carbonyl (C=O) groups excluding carboxylic acids is 1. The van der Waals surface area contributed by atoms with Crippen LogP contribution in [0.3, 0.4) is 0 Å². The van der Waals surface area contributed by atoms with E-state index in [1.54, 1.807) is 24.6 Å². The lowest BCUT2D eigenvalue weighted by molar-refractivity contribution is 0.0776. The topological polar surface area (TPSA) is 144 Å². The summed E-state index contributed by atoms with van der Waals surface area (Å²) < 4.78 is 14.1. The van der Waals surface area contributed by atoms with Gasteiger partial charge in [0.1, 0.15) is 11.6 Å². The summed E-state index contributed by atoms with van der Waals surface area (Å²) in [6.45, 7) is 0.683. The zero-order chi connectivity index (χ0) is 35.6. The molecule has 12 nitrogen and oxygen atoms in total. The molecule has 2 atom stereocenters. The Hall–Kier alpha value is -6.08. The van der Waals surface area contributed by atoms with Crippen LogP contribution in [0.1, 0.15) is 69.8 Å². The Morgan fingerprint density at radius 2 is 1.92 bits per heavy atom. The third-order valence-electron chi connectivity index (χ3n) is 10.8. The van der Waals surface area contributed by atoms with Gasteiger partial charge >= 0.3 is 5.76 Å². The number of nitrogens with zero attached hydrogens (tertiary/aromatic N) is 6. The zero-order valence-corrected chi connectivity index (χ0v) is 29.7. The molecule has 10 rings (SSSR count). The SMILES string of the molecule is COc1cccc2c1CC[C@@H]2Nc1nccc2cc(-c3c4c(nc(CCc5ccc(-n6cccn6)cc5)c3-c3n[nH]c(=O)o3)[C@H]3CCCN3C4=O)sc12. The van der Waals surface area contributed by atoms with Crippen molar-refractivity contribution in [3.8, 4) is 33.3 Å². The third-order valence-corrected chi connectivity index (χ3v) is 12.0. The predicted molar refractivity (Wildman–Crippen MR) is 201 cm³/mol. The van der Waals surface area contributed by atoms with Gasteiger partial charge in [-0.1, -0.05) is 24.3 Å². The van der Waals surface area contributed by atoms with E-state index in [1.807, 2.05) is 58.4 Å². The van der Waals surface area contributed by atoms with Crippen LogP contribution in [0.4, 0.5) is 5.82 Å². The highest BCUT2D eigenvalue weighted by molar-refractivity contribution is 7.23. The van der Waals surface area contributed by atoms with Gasteiger partial charge in [0.2, 0.25) is 0 Å². The minimum Gasteiger partial charge on any atom is -0.496 e. The van der Waals surface area contributed by atoms with Gasteiger partial charge in [-0.15, -0.1) is 16.4 Å². The number of amides is 1. The van der Waals surface area contributed by atoms with E-state index < -0.39 is 5.76 Å². The van der Waals surface area contributed by atoms with Crippen LogP contribution in [-0.4, -0.2) is 54.4 Å². The number of rotatable bonds is 9. The lowest BCUT2D eigenvalue weighted by Gasteiger charge is -2.16. The number of aromatic nitrogens is 6. The lowest BCUT2D eigenvalue weighted by atomic mass is 9.93. The van der Waals surface area contributed by atoms with Gasteiger partial charge < -0.3 is 19.4 Å². The van der Waals surface area contributed by atoms with Crippen molar-refractivity contribution in [3.05, 3.63) is 123 Å². The summed E-state index contributed by atoms with van der Waals surface area (Å²) in [5.41, 5.74) is 7.89. The number of benzene rings is 2. The van der Waals surface area contributed by atoms with Crippen molar-refractivity contribution in [3.63, 3.8) is 0 Å². The van der Waals surface area contributed by atoms with Crippen LogP contribution in [-0.2, 0) is 19.3 Å². The molecule has 1 aliphatic carbocycles. The molecular formula is C40H34N8O4S. The summed E-state index contributed by atoms with van der Waals surface area (Å²) in [6, 6.07) is 20.5. The Morgan fingerprint density at radius 1 is 1.02 bits per heavy atom. The van der Waals surface area contributed by atoms with Crippen LogP contribution in [0.5, 0.6) is 5.75 Å². The highest BCUT2D eigenvalue weighted by Gasteiger charge is 2.45. The van der Waals surface area contributed by atoms with Gasteiger partial charge in [-0.05, 0) is 97.0 Å². The van der Waals surface area contributed by atoms with Crippen LogP contribution in [0.15, 0.2) is 88.5 Å². The first-order valence-corrected chi connectivity index (χ1v) is 18.7. The number of pyridine rings is 2. The second-order valence-corrected chi connectivity index (χ2v) is 14.8. The lowest BCUT2D eigenvalue weighted by Crippen LogP contribution is -2.22. The molecule has 7 heterocycles. The van der Waals surface area contributed by atoms with Gasteiger partial charge in [0.25, 0.3) is 11.8 Å². The molecule has 5 aromatic heterocycles. The van der Waals surface area contributed by atoms with Crippen molar-refractivity contribution in [2.75, 3.05) is 19.0 Å². The van der Waals surface area contributed by atoms with Crippen LogP contribution < -0.4 is 15.8 Å². The molecule has 7 aromatic rings. The number of aromatic amines is 1. The summed E-state index contributed by atoms with van der Waals surface area (Å²) in [5, 5.41) is 15.8. The number of hydrogen-bond acceptors (Lipinski definition) is 10. The van der Waals surface area contributed by atoms with Gasteiger partial charge in [-0.25, -0.2) is 19.6 Å². The van der Waals surface area contributed by atoms with E-state index in [1.165, 1.54) is 11.1 Å². The first-order chi connectivity index (χ1) is 26.0. The highest BCUT2D eigenvalue weighted by atomic mass is 32.1. The molecule has 1 fully saturated rings. The second kappa shape index (κ2) is 12.6. The summed E-state index contributed by atoms with van der Waals surface area (Å²) in [6.07, 6.45) is 10.3. The molecule has 0 radical (unpaired) electrons. The maximum atomic E-state index is 14.3. The molecule has 0 bridgehead atoms. The number of carbonyl (C=O) groups is 1. The quantitative estimate of drug-likeness (QED) is 0.160. The van der Waals surface area contributed by atoms with E-state index in [0.717, 1.165) is 74.9 Å². The van der Waals surface area contributed by atoms with E-state index in [-0.39, 0.29) is 23.9 Å². The monoisotopic (exact) mass is 722 g/mol. The second-order valence-electron chi connectivity index (χ2n) is 13.7. The van der Waals surface area contributed by atoms with E-state index >= 15 is 0 Å². The zero-order valence-electron chi connectivity index (χ0n) is 28.8. The number of hydrogen-bond donors (Lipinski definition) is 2. The van der Waals surface area contributed by atoms with Crippen LogP contribution in [0, 0.1) is 0 Å². The minimum absolute atomic E-state index is 0.0460. The van der Waals surface area contributed by atoms with Gasteiger partial charge in [0.15, 0.2) is 0 Å². The van der Waals surface area contributed by atoms with Crippen LogP contribution in [0.25, 0.3) is 37.7 Å². The Morgan fingerprint density at radius 3 is 2.74 bits per heavy atom. The molecule has 0 saturated carbocycles. The van der Waals surface area contributed by atoms with Crippen LogP contribution in [0.2, 0.25) is 0 Å². The Bertz CT molecular complexity index is 2590. The molecule has 2 aliphatic heterocycles. The van der Waals surface area contributed by atoms with Crippen molar-refractivity contribution >= 4 is 33.1 Å². The van der Waals surface area contributed by atoms with Crippen molar-refractivity contribution in [1.29, 1.82) is 0 Å². The van der Waals surface area contributed by atoms with E-state index in [4.69, 9.17) is 19.1 Å². The Balaban J connectivity index is 1.10. The number of ether oxygens (including phenoxy) is 1. The molecule has 13 heteroatoms. The first kappa shape index (κ1) is 31.6. The number of nitrogens with one attached hydrogen (secondary N) is 2. The molecule has 3 aliphatic rings. The van der Waals surface area contributed by atoms with Crippen LogP contribution >= 0.6 is 11.3 Å². The first-order valence-electron chi connectivity index (χ1n) is 17.9. The molecule has 1 amide bonds. The number of anilines is 1. The largest absolute Gasteiger partial charge is 0.496 e. The summed E-state index contributed by atoms with van der Waals surface area (Å²) >= 11 is 1.57. The summed E-state index contributed by atoms with van der Waals surface area (Å²) in [5.74, 6) is 1.10. The van der Waals surface area contributed by atoms with Gasteiger partial charge in [0, 0.05) is 35.6 Å². The number of fused-ring (bicyclic) bond motifs is 5. The number of thiophene rings is 1. The standard InChI is InChI=1S/C40H34N8O4S/c1-51-30-7-2-5-25-26(30)13-15-27(25)44-37-36-23(16-18-41-37)21-31(53-36)33-32(38-45-46-40(50)52-38)28(43-35-29-6-3-19-47(29)39(49)34(33)35)14-10-22-8-11-24(12-9-22)48-20-4-17-42-48/h2,4-5,7-9,11-12,16-18,20-21,27,29H,3,6,10,13-15,19H2,1H3,(H,41,44)(H,46,50)/t27-,29+/m0/s1. The van der Waals surface area contributed by atoms with Gasteiger partial charge in [0.05, 0.1) is 52.1 Å². The molecule has 53 heavy (non-hydrogen) atoms. The fourth-order valence-electron chi connectivity index (χ4n) is 8.36. The number of H-pyrrole nitrogens is 1. The molecular weight excluding hydrogens is 689 g/mol. The minimum atomic E-state index is -0.668. The van der Waals surface area contributed by atoms with Gasteiger partial charge in [-0.2, -0.15) is 5.10 Å². The van der Waals surface area contributed by atoms with Gasteiger partial charge in [-0.3, -0.25) is 9.78 Å². The number of methoxy groups -OCH3 is 1. The predicted octanol–water partition coefficient (Wildman–Crippen LogP) is 7.07.